The Bertz CT molecular complexity index is 841. The molecule has 0 radical (unpaired) electrons. The number of carbonyl (C=O) groups is 1. The average molecular weight is 441 g/mol. The number of rotatable bonds is 10. The molecular formula is C24H32BNO6. The van der Waals surface area contributed by atoms with Gasteiger partial charge in [-0.1, -0.05) is 42.5 Å². The zero-order chi connectivity index (χ0) is 23.0. The standard InChI is InChI=1S/C24H32BNO6/c1-23(2)24(3,4)32-25(31-23)20-10-12-21(13-11-20)29-17-16-28-15-14-26-22(27)30-18-19-8-6-5-7-9-19/h5-13H,14-18H2,1-4H3,(H,26,27). The van der Waals surface area contributed by atoms with E-state index in [9.17, 15) is 4.79 Å². The lowest BCUT2D eigenvalue weighted by atomic mass is 9.79. The molecule has 0 spiro atoms. The van der Waals surface area contributed by atoms with Crippen molar-refractivity contribution < 1.29 is 28.3 Å². The number of alkyl carbamates (subject to hydrolysis) is 1. The van der Waals surface area contributed by atoms with E-state index < -0.39 is 6.09 Å². The van der Waals surface area contributed by atoms with Crippen LogP contribution in [0.5, 0.6) is 5.75 Å². The fourth-order valence-electron chi connectivity index (χ4n) is 3.02. The second-order valence-electron chi connectivity index (χ2n) is 8.61. The van der Waals surface area contributed by atoms with E-state index in [2.05, 4.69) is 5.32 Å². The highest BCUT2D eigenvalue weighted by atomic mass is 16.7. The van der Waals surface area contributed by atoms with Crippen molar-refractivity contribution >= 4 is 18.7 Å². The summed E-state index contributed by atoms with van der Waals surface area (Å²) < 4.78 is 28.4. The number of amides is 1. The Morgan fingerprint density at radius 1 is 0.906 bits per heavy atom. The van der Waals surface area contributed by atoms with Gasteiger partial charge in [0.25, 0.3) is 0 Å². The van der Waals surface area contributed by atoms with Crippen molar-refractivity contribution in [2.45, 2.75) is 45.5 Å². The lowest BCUT2D eigenvalue weighted by molar-refractivity contribution is 0.00578. The number of carbonyl (C=O) groups excluding carboxylic acids is 1. The highest BCUT2D eigenvalue weighted by molar-refractivity contribution is 6.62. The van der Waals surface area contributed by atoms with Crippen molar-refractivity contribution in [2.75, 3.05) is 26.4 Å². The Kier molecular flexibility index (Phi) is 8.18. The summed E-state index contributed by atoms with van der Waals surface area (Å²) >= 11 is 0. The van der Waals surface area contributed by atoms with E-state index in [0.717, 1.165) is 16.8 Å². The summed E-state index contributed by atoms with van der Waals surface area (Å²) in [5.74, 6) is 0.747. The van der Waals surface area contributed by atoms with E-state index >= 15 is 0 Å². The molecule has 0 bridgehead atoms. The maximum Gasteiger partial charge on any atom is 0.494 e. The number of benzene rings is 2. The van der Waals surface area contributed by atoms with Crippen LogP contribution in [-0.2, 0) is 25.4 Å². The minimum Gasteiger partial charge on any atom is -0.491 e. The largest absolute Gasteiger partial charge is 0.494 e. The average Bonchev–Trinajstić information content (AvgIpc) is 2.99. The van der Waals surface area contributed by atoms with Gasteiger partial charge in [0.2, 0.25) is 0 Å². The molecule has 1 N–H and O–H groups in total. The van der Waals surface area contributed by atoms with Gasteiger partial charge in [-0.15, -0.1) is 0 Å². The molecule has 1 fully saturated rings. The van der Waals surface area contributed by atoms with Gasteiger partial charge in [-0.05, 0) is 50.9 Å². The Hall–Kier alpha value is -2.55. The number of nitrogens with one attached hydrogen (secondary N) is 1. The molecule has 2 aromatic carbocycles. The van der Waals surface area contributed by atoms with Crippen LogP contribution in [0.3, 0.4) is 0 Å². The van der Waals surface area contributed by atoms with Crippen LogP contribution in [0.25, 0.3) is 0 Å². The first kappa shape index (κ1) is 24.1. The van der Waals surface area contributed by atoms with Crippen LogP contribution in [0.2, 0.25) is 0 Å². The molecule has 0 saturated carbocycles. The molecule has 1 aliphatic rings. The highest BCUT2D eigenvalue weighted by Gasteiger charge is 2.51. The van der Waals surface area contributed by atoms with Crippen LogP contribution in [0.1, 0.15) is 33.3 Å². The summed E-state index contributed by atoms with van der Waals surface area (Å²) in [6, 6.07) is 17.2. The van der Waals surface area contributed by atoms with E-state index in [1.165, 1.54) is 0 Å². The summed E-state index contributed by atoms with van der Waals surface area (Å²) in [5.41, 5.74) is 1.17. The van der Waals surface area contributed by atoms with Crippen LogP contribution in [0.15, 0.2) is 54.6 Å². The number of hydrogen-bond acceptors (Lipinski definition) is 6. The third-order valence-electron chi connectivity index (χ3n) is 5.63. The fraction of sp³-hybridized carbons (Fsp3) is 0.458. The van der Waals surface area contributed by atoms with Crippen molar-refractivity contribution in [2.24, 2.45) is 0 Å². The maximum atomic E-state index is 11.7. The molecule has 0 unspecified atom stereocenters. The van der Waals surface area contributed by atoms with Crippen molar-refractivity contribution in [1.82, 2.24) is 5.32 Å². The molecule has 0 atom stereocenters. The first-order chi connectivity index (χ1) is 15.3. The molecule has 8 heteroatoms. The molecule has 1 amide bonds. The van der Waals surface area contributed by atoms with Crippen molar-refractivity contribution in [3.8, 4) is 5.75 Å². The normalized spacial score (nSPS) is 16.6. The van der Waals surface area contributed by atoms with E-state index in [-0.39, 0.29) is 24.9 Å². The fourth-order valence-corrected chi connectivity index (χ4v) is 3.02. The number of hydrogen-bond donors (Lipinski definition) is 1. The minimum atomic E-state index is -0.462. The molecule has 7 nitrogen and oxygen atoms in total. The van der Waals surface area contributed by atoms with Crippen molar-refractivity contribution in [3.05, 3.63) is 60.2 Å². The second-order valence-corrected chi connectivity index (χ2v) is 8.61. The zero-order valence-corrected chi connectivity index (χ0v) is 19.3. The van der Waals surface area contributed by atoms with Gasteiger partial charge in [-0.25, -0.2) is 4.79 Å². The van der Waals surface area contributed by atoms with Gasteiger partial charge in [0, 0.05) is 6.54 Å². The summed E-state index contributed by atoms with van der Waals surface area (Å²) in [4.78, 5) is 11.7. The van der Waals surface area contributed by atoms with Gasteiger partial charge in [0.1, 0.15) is 19.0 Å². The van der Waals surface area contributed by atoms with Crippen molar-refractivity contribution in [1.29, 1.82) is 0 Å². The van der Waals surface area contributed by atoms with Crippen molar-refractivity contribution in [3.63, 3.8) is 0 Å². The van der Waals surface area contributed by atoms with Gasteiger partial charge >= 0.3 is 13.2 Å². The third-order valence-corrected chi connectivity index (χ3v) is 5.63. The van der Waals surface area contributed by atoms with Crippen LogP contribution in [-0.4, -0.2) is 50.8 Å². The van der Waals surface area contributed by atoms with E-state index in [1.807, 2.05) is 82.3 Å². The Morgan fingerprint density at radius 2 is 1.56 bits per heavy atom. The van der Waals surface area contributed by atoms with Gasteiger partial charge < -0.3 is 28.8 Å². The van der Waals surface area contributed by atoms with E-state index in [0.29, 0.717) is 26.4 Å². The molecule has 172 valence electrons. The minimum absolute atomic E-state index is 0.245. The monoisotopic (exact) mass is 441 g/mol. The van der Waals surface area contributed by atoms with Crippen LogP contribution < -0.4 is 15.5 Å². The van der Waals surface area contributed by atoms with Crippen LogP contribution in [0, 0.1) is 0 Å². The summed E-state index contributed by atoms with van der Waals surface area (Å²) in [6.07, 6.45) is -0.462. The Morgan fingerprint density at radius 3 is 2.22 bits per heavy atom. The smallest absolute Gasteiger partial charge is 0.491 e. The molecule has 1 heterocycles. The summed E-state index contributed by atoms with van der Waals surface area (Å²) in [6.45, 7) is 9.96. The summed E-state index contributed by atoms with van der Waals surface area (Å²) in [7, 11) is -0.385. The quantitative estimate of drug-likeness (QED) is 0.451. The molecule has 0 aromatic heterocycles. The molecule has 2 aromatic rings. The van der Waals surface area contributed by atoms with Crippen LogP contribution in [0.4, 0.5) is 4.79 Å². The first-order valence-electron chi connectivity index (χ1n) is 10.9. The van der Waals surface area contributed by atoms with Gasteiger partial charge in [-0.3, -0.25) is 0 Å². The SMILES string of the molecule is CC1(C)OB(c2ccc(OCCOCCNC(=O)OCc3ccccc3)cc2)OC1(C)C. The number of ether oxygens (including phenoxy) is 3. The van der Waals surface area contributed by atoms with E-state index in [4.69, 9.17) is 23.5 Å². The highest BCUT2D eigenvalue weighted by Crippen LogP contribution is 2.36. The Labute approximate surface area is 190 Å². The zero-order valence-electron chi connectivity index (χ0n) is 19.3. The Balaban J connectivity index is 1.26. The lowest BCUT2D eigenvalue weighted by Crippen LogP contribution is -2.41. The molecule has 1 saturated heterocycles. The summed E-state index contributed by atoms with van der Waals surface area (Å²) in [5, 5.41) is 2.66. The maximum absolute atomic E-state index is 11.7. The van der Waals surface area contributed by atoms with Crippen LogP contribution >= 0.6 is 0 Å². The predicted octanol–water partition coefficient (Wildman–Crippen LogP) is 3.31. The topological polar surface area (TPSA) is 75.2 Å². The molecule has 3 rings (SSSR count). The second kappa shape index (κ2) is 10.9. The molecular weight excluding hydrogens is 409 g/mol. The first-order valence-corrected chi connectivity index (χ1v) is 10.9. The van der Waals surface area contributed by atoms with E-state index in [1.54, 1.807) is 0 Å². The van der Waals surface area contributed by atoms with Gasteiger partial charge in [0.05, 0.1) is 24.4 Å². The molecule has 0 aliphatic carbocycles. The predicted molar refractivity (Wildman–Crippen MR) is 123 cm³/mol. The van der Waals surface area contributed by atoms with Gasteiger partial charge in [-0.2, -0.15) is 0 Å². The molecule has 32 heavy (non-hydrogen) atoms. The van der Waals surface area contributed by atoms with Gasteiger partial charge in [0.15, 0.2) is 0 Å². The third kappa shape index (κ3) is 6.72. The molecule has 1 aliphatic heterocycles. The lowest BCUT2D eigenvalue weighted by Gasteiger charge is -2.32.